The van der Waals surface area contributed by atoms with Gasteiger partial charge in [-0.2, -0.15) is 0 Å². The average molecular weight is 1610 g/mol. The Morgan fingerprint density at radius 2 is 0.800 bits per heavy atom. The number of ether oxygens (including phenoxy) is 2. The summed E-state index contributed by atoms with van der Waals surface area (Å²) < 4.78 is 9.34. The topological polar surface area (TPSA) is 257 Å². The molecule has 9 aliphatic heterocycles. The van der Waals surface area contributed by atoms with Crippen LogP contribution in [0.4, 0.5) is 0 Å². The second-order valence-corrected chi connectivity index (χ2v) is 28.7. The van der Waals surface area contributed by atoms with Crippen LogP contribution in [0.5, 0.6) is 0 Å². The summed E-state index contributed by atoms with van der Waals surface area (Å²) in [5, 5.41) is 14.9. The SMILES string of the molecule is COC(=O)C1CN(Cc2ccccc2)CCC1=O.COC(=O)C1CN(Cc2ccccc2)CCC1=O.Cc1ccccc1CN1C2=NCCN2C(=O)C2=C1CCN(Cc1ccccc1)C2.Cc1ccccc1CN1C2=NCCN2C(=O)C2=C1CCN(Cc1ccccc1)C2.Cc1ccccc1CNC1=NCCN1.Cl.Cl.O=CO[O-].[Na+]. The number of amides is 2. The standard InChI is InChI=1S/2C24H26N4O.2C14H17NO3.C11H15N3.CH2O3.2ClH.Na/c2*1-18-7-5-6-10-20(18)16-28-22-11-13-26(15-19-8-3-2-4-9-19)17-21(22)23(29)27-14-12-25-24(27)28;2*1-18-14(17)12-10-15(8-7-13(12)16)9-11-5-3-2-4-6-11;1-9-4-2-3-5-10(9)8-14-11-12-6-7-13-11;2-1-4-3;;;/h2*2-10H,11-17H2,1H3;2*2-6,12H,7-10H2,1H3;2-5H,6-8H2,1H3,(H2,12,13,14);1,3H;2*1H;/q;;;;;;;;+1/p-1. The zero-order valence-electron chi connectivity index (χ0n) is 66.6. The number of aryl methyl sites for hydroxylation is 3. The van der Waals surface area contributed by atoms with Gasteiger partial charge in [-0.1, -0.05) is 194 Å². The van der Waals surface area contributed by atoms with Gasteiger partial charge >= 0.3 is 41.5 Å². The van der Waals surface area contributed by atoms with Crippen LogP contribution in [0.1, 0.15) is 81.3 Å². The number of Topliss-reactive ketones (excluding diaryl/α,β-unsaturated/α-hetero) is 2. The van der Waals surface area contributed by atoms with Crippen molar-refractivity contribution in [2.24, 2.45) is 26.8 Å². The molecule has 16 rings (SSSR count). The molecule has 7 aromatic rings. The van der Waals surface area contributed by atoms with Gasteiger partial charge in [-0.25, -0.2) is 0 Å². The molecule has 9 aliphatic rings. The number of guanidine groups is 3. The van der Waals surface area contributed by atoms with Gasteiger partial charge < -0.3 is 40.1 Å². The Morgan fingerprint density at radius 3 is 1.14 bits per heavy atom. The molecule has 9 heterocycles. The molecule has 7 aromatic carbocycles. The Bertz CT molecular complexity index is 4300. The molecular weight excluding hydrogens is 1510 g/mol. The Balaban J connectivity index is 0.000000181. The number of hydrogen-bond donors (Lipinski definition) is 2. The number of nitrogens with zero attached hydrogens (tertiary/aromatic N) is 11. The number of benzene rings is 7. The van der Waals surface area contributed by atoms with Crippen molar-refractivity contribution >= 4 is 84.5 Å². The van der Waals surface area contributed by atoms with Crippen LogP contribution < -0.4 is 45.4 Å². The number of esters is 2. The third kappa shape index (κ3) is 25.2. The predicted molar refractivity (Wildman–Crippen MR) is 442 cm³/mol. The van der Waals surface area contributed by atoms with Crippen LogP contribution in [0.2, 0.25) is 0 Å². The summed E-state index contributed by atoms with van der Waals surface area (Å²) in [6.07, 6.45) is 2.61. The molecule has 0 spiro atoms. The molecule has 115 heavy (non-hydrogen) atoms. The van der Waals surface area contributed by atoms with E-state index < -0.39 is 23.8 Å². The number of nitrogens with one attached hydrogen (secondary N) is 2. The van der Waals surface area contributed by atoms with Gasteiger partial charge in [-0.3, -0.25) is 77.9 Å². The smallest absolute Gasteiger partial charge is 0.662 e. The Hall–Kier alpha value is -9.70. The summed E-state index contributed by atoms with van der Waals surface area (Å²) in [5.41, 5.74) is 17.0. The Kier molecular flexibility index (Phi) is 36.4. The Labute approximate surface area is 709 Å². The van der Waals surface area contributed by atoms with E-state index in [0.29, 0.717) is 78.3 Å². The fourth-order valence-corrected chi connectivity index (χ4v) is 15.0. The van der Waals surface area contributed by atoms with E-state index in [4.69, 9.17) is 20.0 Å². The van der Waals surface area contributed by atoms with Crippen LogP contribution in [-0.4, -0.2) is 205 Å². The number of piperidine rings is 2. The number of hydrogen-bond acceptors (Lipinski definition) is 22. The van der Waals surface area contributed by atoms with Gasteiger partial charge in [-0.05, 0) is 76.4 Å². The van der Waals surface area contributed by atoms with Crippen molar-refractivity contribution < 1.29 is 82.7 Å². The molecule has 27 heteroatoms. The molecule has 2 saturated heterocycles. The molecule has 602 valence electrons. The molecule has 24 nitrogen and oxygen atoms in total. The first-order valence-electron chi connectivity index (χ1n) is 38.5. The first-order chi connectivity index (χ1) is 54.6. The van der Waals surface area contributed by atoms with Gasteiger partial charge in [0.15, 0.2) is 5.96 Å². The molecule has 2 N–H and O–H groups in total. The van der Waals surface area contributed by atoms with Gasteiger partial charge in [0.1, 0.15) is 23.4 Å². The minimum absolute atomic E-state index is 0. The summed E-state index contributed by atoms with van der Waals surface area (Å²) in [6, 6.07) is 66.5. The van der Waals surface area contributed by atoms with Crippen LogP contribution in [0.25, 0.3) is 0 Å². The number of fused-ring (bicyclic) bond motifs is 2. The number of aliphatic imine (C=N–C) groups is 3. The van der Waals surface area contributed by atoms with Crippen LogP contribution in [0.15, 0.2) is 232 Å². The van der Waals surface area contributed by atoms with Gasteiger partial charge in [0.25, 0.3) is 18.3 Å². The third-order valence-corrected chi connectivity index (χ3v) is 21.1. The van der Waals surface area contributed by atoms with E-state index in [0.717, 1.165) is 114 Å². The fraction of sp³-hybridized carbons (Fsp3) is 0.364. The number of rotatable bonds is 17. The molecule has 0 saturated carbocycles. The monoisotopic (exact) mass is 1610 g/mol. The van der Waals surface area contributed by atoms with E-state index in [-0.39, 0.29) is 84.2 Å². The third-order valence-electron chi connectivity index (χ3n) is 21.1. The zero-order valence-corrected chi connectivity index (χ0v) is 70.2. The number of carbonyl (C=O) groups is 7. The molecule has 2 fully saturated rings. The summed E-state index contributed by atoms with van der Waals surface area (Å²) in [6.45, 7) is 22.2. The first-order valence-corrected chi connectivity index (χ1v) is 38.5. The number of carbonyl (C=O) groups excluding carboxylic acids is 7. The predicted octanol–water partition coefficient (Wildman–Crippen LogP) is 6.16. The van der Waals surface area contributed by atoms with E-state index in [1.807, 2.05) is 82.6 Å². The Morgan fingerprint density at radius 1 is 0.461 bits per heavy atom. The maximum absolute atomic E-state index is 13.2. The van der Waals surface area contributed by atoms with Crippen molar-refractivity contribution in [3.05, 3.63) is 272 Å². The van der Waals surface area contributed by atoms with Crippen molar-refractivity contribution in [1.82, 2.24) is 49.8 Å². The number of methoxy groups -OCH3 is 2. The largest absolute Gasteiger partial charge is 1.00 e. The molecule has 0 aromatic heterocycles. The quantitative estimate of drug-likeness (QED) is 0.0258. The van der Waals surface area contributed by atoms with Gasteiger partial charge in [0, 0.05) is 142 Å². The molecule has 0 bridgehead atoms. The van der Waals surface area contributed by atoms with Crippen LogP contribution in [0.3, 0.4) is 0 Å². The van der Waals surface area contributed by atoms with Crippen molar-refractivity contribution in [2.75, 3.05) is 106 Å². The van der Waals surface area contributed by atoms with Crippen LogP contribution in [-0.2, 0) is 93.7 Å². The second kappa shape index (κ2) is 46.1. The van der Waals surface area contributed by atoms with Gasteiger partial charge in [-0.15, -0.1) is 24.8 Å². The summed E-state index contributed by atoms with van der Waals surface area (Å²) in [5.74, 6) is 0.813. The van der Waals surface area contributed by atoms with E-state index in [9.17, 15) is 28.8 Å². The minimum Gasteiger partial charge on any atom is -0.662 e. The summed E-state index contributed by atoms with van der Waals surface area (Å²) >= 11 is 0. The summed E-state index contributed by atoms with van der Waals surface area (Å²) in [7, 11) is 2.65. The van der Waals surface area contributed by atoms with Crippen LogP contribution >= 0.6 is 24.8 Å². The minimum atomic E-state index is -0.618. The van der Waals surface area contributed by atoms with E-state index >= 15 is 0 Å². The van der Waals surface area contributed by atoms with Crippen molar-refractivity contribution in [3.63, 3.8) is 0 Å². The number of halogens is 2. The average Bonchev–Trinajstić information content (AvgIpc) is 1.68. The van der Waals surface area contributed by atoms with Gasteiger partial charge in [0.05, 0.1) is 58.1 Å². The fourth-order valence-electron chi connectivity index (χ4n) is 15.0. The molecule has 0 aliphatic carbocycles. The molecule has 2 atom stereocenters. The maximum Gasteiger partial charge on any atom is 1.00 e. The number of likely N-dealkylation sites (tertiary alicyclic amines) is 2. The molecule has 2 amide bonds. The zero-order chi connectivity index (χ0) is 78.7. The van der Waals surface area contributed by atoms with E-state index in [1.165, 1.54) is 81.2 Å². The number of ketones is 2. The molecule has 0 radical (unpaired) electrons. The first kappa shape index (κ1) is 90.8. The van der Waals surface area contributed by atoms with Crippen molar-refractivity contribution in [2.45, 2.75) is 92.3 Å². The second-order valence-electron chi connectivity index (χ2n) is 28.7. The molecular formula is C88H104Cl2N13NaO11. The van der Waals surface area contributed by atoms with E-state index in [1.54, 1.807) is 0 Å². The normalized spacial score (nSPS) is 18.2. The molecule has 2 unspecified atom stereocenters. The van der Waals surface area contributed by atoms with Gasteiger partial charge in [0.2, 0.25) is 11.9 Å². The maximum atomic E-state index is 13.2. The van der Waals surface area contributed by atoms with Crippen molar-refractivity contribution in [1.29, 1.82) is 0 Å². The van der Waals surface area contributed by atoms with E-state index in [2.05, 4.69) is 201 Å². The van der Waals surface area contributed by atoms with Crippen molar-refractivity contribution in [3.8, 4) is 0 Å². The van der Waals surface area contributed by atoms with Crippen LogP contribution in [0, 0.1) is 32.6 Å². The summed E-state index contributed by atoms with van der Waals surface area (Å²) in [4.78, 5) is 115.